The van der Waals surface area contributed by atoms with E-state index in [-0.39, 0.29) is 17.8 Å². The van der Waals surface area contributed by atoms with Crippen LogP contribution in [0.15, 0.2) is 40.5 Å². The Morgan fingerprint density at radius 1 is 1.16 bits per heavy atom. The number of benzene rings is 1. The highest BCUT2D eigenvalue weighted by molar-refractivity contribution is 14.1. The summed E-state index contributed by atoms with van der Waals surface area (Å²) < 4.78 is 2.69. The lowest BCUT2D eigenvalue weighted by Crippen LogP contribution is -2.18. The molecule has 0 atom stereocenters. The van der Waals surface area contributed by atoms with Crippen LogP contribution in [0.3, 0.4) is 0 Å². The fourth-order valence-electron chi connectivity index (χ4n) is 2.41. The van der Waals surface area contributed by atoms with Crippen molar-refractivity contribution in [2.75, 3.05) is 18.4 Å². The summed E-state index contributed by atoms with van der Waals surface area (Å²) in [4.78, 5) is 16.7. The number of hydrogen-bond acceptors (Lipinski definition) is 4. The molecule has 1 aromatic carbocycles. The first-order chi connectivity index (χ1) is 11.6. The Morgan fingerprint density at radius 3 is 2.72 bits per heavy atom. The van der Waals surface area contributed by atoms with Gasteiger partial charge in [-0.2, -0.15) is 0 Å². The fourth-order valence-corrected chi connectivity index (χ4v) is 5.00. The fraction of sp³-hybridized carbons (Fsp3) is 0.235. The quantitative estimate of drug-likeness (QED) is 0.269. The number of fused-ring (bicyclic) bond motifs is 1. The SMILES string of the molecule is Cl.O=c1cc(NCCCNCc2scc(I)c2I)[nH]c2ccccc12. The number of aromatic nitrogens is 1. The van der Waals surface area contributed by atoms with Crippen LogP contribution in [0.4, 0.5) is 5.82 Å². The first-order valence-electron chi connectivity index (χ1n) is 7.63. The predicted octanol–water partition coefficient (Wildman–Crippen LogP) is 4.81. The van der Waals surface area contributed by atoms with E-state index in [1.807, 2.05) is 24.3 Å². The van der Waals surface area contributed by atoms with Crippen molar-refractivity contribution in [1.29, 1.82) is 0 Å². The molecule has 0 amide bonds. The second-order valence-corrected chi connectivity index (χ2v) is 8.58. The number of rotatable bonds is 7. The topological polar surface area (TPSA) is 56.9 Å². The van der Waals surface area contributed by atoms with Gasteiger partial charge < -0.3 is 15.6 Å². The molecule has 0 bridgehead atoms. The lowest BCUT2D eigenvalue weighted by atomic mass is 10.2. The van der Waals surface area contributed by atoms with Crippen LogP contribution in [-0.4, -0.2) is 18.1 Å². The van der Waals surface area contributed by atoms with Crippen LogP contribution in [-0.2, 0) is 6.54 Å². The number of H-pyrrole nitrogens is 1. The van der Waals surface area contributed by atoms with E-state index in [2.05, 4.69) is 66.2 Å². The molecule has 3 rings (SSSR count). The third-order valence-corrected chi connectivity index (χ3v) is 8.52. The molecule has 8 heteroatoms. The number of nitrogens with one attached hydrogen (secondary N) is 3. The molecule has 25 heavy (non-hydrogen) atoms. The lowest BCUT2D eigenvalue weighted by molar-refractivity contribution is 0.667. The molecule has 0 aliphatic rings. The van der Waals surface area contributed by atoms with Crippen LogP contribution < -0.4 is 16.1 Å². The second kappa shape index (κ2) is 10.1. The van der Waals surface area contributed by atoms with Crippen LogP contribution in [0.5, 0.6) is 0 Å². The zero-order valence-corrected chi connectivity index (χ0v) is 19.2. The Hall–Kier alpha value is -0.360. The molecular formula is C17H18ClI2N3OS. The summed E-state index contributed by atoms with van der Waals surface area (Å²) in [6.07, 6.45) is 0.994. The first kappa shape index (κ1) is 20.9. The van der Waals surface area contributed by atoms with Gasteiger partial charge in [0.25, 0.3) is 0 Å². The van der Waals surface area contributed by atoms with Gasteiger partial charge in [0.15, 0.2) is 5.43 Å². The summed E-state index contributed by atoms with van der Waals surface area (Å²) in [7, 11) is 0. The highest BCUT2D eigenvalue weighted by atomic mass is 127. The van der Waals surface area contributed by atoms with Gasteiger partial charge >= 0.3 is 0 Å². The molecule has 0 spiro atoms. The van der Waals surface area contributed by atoms with Crippen molar-refractivity contribution < 1.29 is 0 Å². The molecule has 0 aliphatic heterocycles. The Labute approximate surface area is 183 Å². The zero-order chi connectivity index (χ0) is 16.9. The van der Waals surface area contributed by atoms with Crippen molar-refractivity contribution in [2.24, 2.45) is 0 Å². The predicted molar refractivity (Wildman–Crippen MR) is 126 cm³/mol. The monoisotopic (exact) mass is 601 g/mol. The Bertz CT molecular complexity index is 897. The Kier molecular flexibility index (Phi) is 8.46. The number of aromatic amines is 1. The van der Waals surface area contributed by atoms with Crippen LogP contribution in [0.2, 0.25) is 0 Å². The minimum absolute atomic E-state index is 0. The summed E-state index contributed by atoms with van der Waals surface area (Å²) in [5.41, 5.74) is 0.916. The maximum atomic E-state index is 12.1. The Balaban J connectivity index is 0.00000225. The molecule has 3 aromatic rings. The van der Waals surface area contributed by atoms with Gasteiger partial charge in [-0.1, -0.05) is 12.1 Å². The van der Waals surface area contributed by atoms with Gasteiger partial charge in [0.2, 0.25) is 0 Å². The van der Waals surface area contributed by atoms with Gasteiger partial charge in [0, 0.05) is 41.9 Å². The molecule has 134 valence electrons. The molecule has 0 saturated carbocycles. The van der Waals surface area contributed by atoms with Crippen LogP contribution in [0.25, 0.3) is 10.9 Å². The van der Waals surface area contributed by atoms with Gasteiger partial charge in [-0.25, -0.2) is 0 Å². The normalized spacial score (nSPS) is 10.6. The van der Waals surface area contributed by atoms with Crippen molar-refractivity contribution in [3.63, 3.8) is 0 Å². The van der Waals surface area contributed by atoms with Crippen LogP contribution >= 0.6 is 68.9 Å². The third-order valence-electron chi connectivity index (χ3n) is 3.63. The number of pyridine rings is 1. The van der Waals surface area contributed by atoms with E-state index in [0.717, 1.165) is 42.8 Å². The number of para-hydroxylation sites is 1. The van der Waals surface area contributed by atoms with Gasteiger partial charge in [-0.05, 0) is 70.3 Å². The van der Waals surface area contributed by atoms with Crippen molar-refractivity contribution in [1.82, 2.24) is 10.3 Å². The summed E-state index contributed by atoms with van der Waals surface area (Å²) in [6.45, 7) is 2.68. The molecule has 3 N–H and O–H groups in total. The first-order valence-corrected chi connectivity index (χ1v) is 10.7. The molecule has 2 aromatic heterocycles. The molecule has 2 heterocycles. The largest absolute Gasteiger partial charge is 0.371 e. The van der Waals surface area contributed by atoms with E-state index < -0.39 is 0 Å². The average Bonchev–Trinajstić information content (AvgIpc) is 2.90. The van der Waals surface area contributed by atoms with E-state index in [4.69, 9.17) is 0 Å². The summed E-state index contributed by atoms with van der Waals surface area (Å²) in [5, 5.41) is 9.69. The maximum absolute atomic E-state index is 12.1. The van der Waals surface area contributed by atoms with E-state index in [1.165, 1.54) is 12.0 Å². The van der Waals surface area contributed by atoms with Gasteiger partial charge in [0.05, 0.1) is 5.52 Å². The summed E-state index contributed by atoms with van der Waals surface area (Å²) >= 11 is 6.58. The summed E-state index contributed by atoms with van der Waals surface area (Å²) in [6, 6.07) is 9.21. The molecule has 0 aliphatic carbocycles. The number of anilines is 1. The maximum Gasteiger partial charge on any atom is 0.191 e. The van der Waals surface area contributed by atoms with Gasteiger partial charge in [-0.15, -0.1) is 23.7 Å². The highest BCUT2D eigenvalue weighted by Gasteiger charge is 2.05. The minimum Gasteiger partial charge on any atom is -0.371 e. The zero-order valence-electron chi connectivity index (χ0n) is 13.3. The molecule has 4 nitrogen and oxygen atoms in total. The Morgan fingerprint density at radius 2 is 1.96 bits per heavy atom. The molecular weight excluding hydrogens is 584 g/mol. The summed E-state index contributed by atoms with van der Waals surface area (Å²) in [5.74, 6) is 0.779. The molecule has 0 radical (unpaired) electrons. The van der Waals surface area contributed by atoms with Crippen molar-refractivity contribution >= 4 is 85.6 Å². The van der Waals surface area contributed by atoms with Crippen molar-refractivity contribution in [3.05, 3.63) is 58.0 Å². The van der Waals surface area contributed by atoms with E-state index >= 15 is 0 Å². The second-order valence-electron chi connectivity index (χ2n) is 5.37. The number of halogens is 3. The average molecular weight is 602 g/mol. The van der Waals surface area contributed by atoms with E-state index in [9.17, 15) is 4.79 Å². The van der Waals surface area contributed by atoms with Crippen molar-refractivity contribution in [2.45, 2.75) is 13.0 Å². The smallest absolute Gasteiger partial charge is 0.191 e. The highest BCUT2D eigenvalue weighted by Crippen LogP contribution is 2.25. The lowest BCUT2D eigenvalue weighted by Gasteiger charge is -2.08. The molecule has 0 unspecified atom stereocenters. The number of hydrogen-bond donors (Lipinski definition) is 3. The van der Waals surface area contributed by atoms with Crippen LogP contribution in [0.1, 0.15) is 11.3 Å². The third kappa shape index (κ3) is 5.56. The molecule has 0 saturated heterocycles. The van der Waals surface area contributed by atoms with Gasteiger partial charge in [0.1, 0.15) is 5.82 Å². The van der Waals surface area contributed by atoms with E-state index in [0.29, 0.717) is 0 Å². The number of thiophene rings is 1. The minimum atomic E-state index is 0. The molecule has 0 fully saturated rings. The van der Waals surface area contributed by atoms with Crippen LogP contribution in [0, 0.1) is 7.14 Å². The van der Waals surface area contributed by atoms with Crippen molar-refractivity contribution in [3.8, 4) is 0 Å². The van der Waals surface area contributed by atoms with Gasteiger partial charge in [-0.3, -0.25) is 4.79 Å². The standard InChI is InChI=1S/C17H17I2N3OS.ClH/c18-12-10-24-15(17(12)19)9-20-6-3-7-21-16-8-14(23)11-4-1-2-5-13(11)22-16;/h1-2,4-5,8,10,20H,3,6-7,9H2,(H2,21,22,23);1H. The van der Waals surface area contributed by atoms with E-state index in [1.54, 1.807) is 17.4 Å².